The molecule has 1 fully saturated rings. The monoisotopic (exact) mass is 311 g/mol. The maximum Gasteiger partial charge on any atom is 0.316 e. The van der Waals surface area contributed by atoms with Crippen molar-refractivity contribution in [3.63, 3.8) is 0 Å². The quantitative estimate of drug-likeness (QED) is 0.809. The number of nitrogens with one attached hydrogen (secondary N) is 2. The average Bonchev–Trinajstić information content (AvgIpc) is 3.26. The Kier molecular flexibility index (Phi) is 4.95. The van der Waals surface area contributed by atoms with Crippen LogP contribution in [0.1, 0.15) is 17.9 Å². The number of urea groups is 1. The van der Waals surface area contributed by atoms with Crippen LogP contribution in [0, 0.1) is 17.6 Å². The second-order valence-electron chi connectivity index (χ2n) is 5.54. The van der Waals surface area contributed by atoms with Gasteiger partial charge in [-0.1, -0.05) is 6.07 Å². The van der Waals surface area contributed by atoms with Crippen molar-refractivity contribution >= 4 is 11.9 Å². The first-order valence-electron chi connectivity index (χ1n) is 7.08. The summed E-state index contributed by atoms with van der Waals surface area (Å²) < 4.78 is 26.0. The van der Waals surface area contributed by atoms with Crippen LogP contribution in [0.4, 0.5) is 13.6 Å². The van der Waals surface area contributed by atoms with Crippen molar-refractivity contribution in [2.24, 2.45) is 5.92 Å². The summed E-state index contributed by atoms with van der Waals surface area (Å²) in [6, 6.07) is 3.51. The van der Waals surface area contributed by atoms with Crippen molar-refractivity contribution in [1.82, 2.24) is 15.5 Å². The Morgan fingerprint density at radius 2 is 1.86 bits per heavy atom. The van der Waals surface area contributed by atoms with E-state index in [2.05, 4.69) is 10.6 Å². The van der Waals surface area contributed by atoms with E-state index >= 15 is 0 Å². The van der Waals surface area contributed by atoms with Gasteiger partial charge in [0.15, 0.2) is 11.6 Å². The lowest BCUT2D eigenvalue weighted by molar-refractivity contribution is -0.122. The first-order valence-corrected chi connectivity index (χ1v) is 7.08. The van der Waals surface area contributed by atoms with Crippen LogP contribution in [-0.4, -0.2) is 44.0 Å². The summed E-state index contributed by atoms with van der Waals surface area (Å²) in [6.07, 6.45) is 0.626. The van der Waals surface area contributed by atoms with E-state index in [1.165, 1.54) is 11.0 Å². The van der Waals surface area contributed by atoms with Gasteiger partial charge in [-0.05, 0) is 30.0 Å². The van der Waals surface area contributed by atoms with Crippen molar-refractivity contribution in [1.29, 1.82) is 0 Å². The van der Waals surface area contributed by atoms with Gasteiger partial charge >= 0.3 is 6.03 Å². The first kappa shape index (κ1) is 16.2. The van der Waals surface area contributed by atoms with Gasteiger partial charge in [-0.3, -0.25) is 4.79 Å². The summed E-state index contributed by atoms with van der Waals surface area (Å²) in [6.45, 7) is 0.671. The van der Waals surface area contributed by atoms with Crippen molar-refractivity contribution in [2.45, 2.75) is 12.3 Å². The van der Waals surface area contributed by atoms with Crippen LogP contribution in [0.25, 0.3) is 0 Å². The van der Waals surface area contributed by atoms with Crippen LogP contribution in [0.15, 0.2) is 18.2 Å². The van der Waals surface area contributed by atoms with E-state index in [0.29, 0.717) is 25.1 Å². The summed E-state index contributed by atoms with van der Waals surface area (Å²) in [5.41, 5.74) is 0.639. The molecule has 2 unspecified atom stereocenters. The van der Waals surface area contributed by atoms with E-state index in [4.69, 9.17) is 0 Å². The molecule has 0 radical (unpaired) electrons. The van der Waals surface area contributed by atoms with Crippen LogP contribution in [0.3, 0.4) is 0 Å². The number of hydrogen-bond acceptors (Lipinski definition) is 2. The molecule has 2 N–H and O–H groups in total. The van der Waals surface area contributed by atoms with Gasteiger partial charge in [-0.15, -0.1) is 0 Å². The molecular weight excluding hydrogens is 292 g/mol. The maximum atomic E-state index is 13.2. The summed E-state index contributed by atoms with van der Waals surface area (Å²) in [4.78, 5) is 24.6. The Morgan fingerprint density at radius 1 is 1.18 bits per heavy atom. The Morgan fingerprint density at radius 3 is 2.50 bits per heavy atom. The highest BCUT2D eigenvalue weighted by molar-refractivity contribution is 5.83. The highest BCUT2D eigenvalue weighted by Crippen LogP contribution is 2.47. The SMILES string of the molecule is CN(C)C(=O)NCCNC(=O)C1CC1c1ccc(F)c(F)c1. The predicted molar refractivity (Wildman–Crippen MR) is 77.3 cm³/mol. The predicted octanol–water partition coefficient (Wildman–Crippen LogP) is 1.46. The minimum absolute atomic E-state index is 0.0635. The van der Waals surface area contributed by atoms with Crippen LogP contribution < -0.4 is 10.6 Å². The normalized spacial score (nSPS) is 19.5. The van der Waals surface area contributed by atoms with Crippen molar-refractivity contribution in [3.05, 3.63) is 35.4 Å². The molecule has 22 heavy (non-hydrogen) atoms. The molecule has 2 rings (SSSR count). The van der Waals surface area contributed by atoms with Gasteiger partial charge in [-0.2, -0.15) is 0 Å². The number of amides is 3. The van der Waals surface area contributed by atoms with Crippen LogP contribution in [0.2, 0.25) is 0 Å². The summed E-state index contributed by atoms with van der Waals surface area (Å²) in [5.74, 6) is -2.19. The van der Waals surface area contributed by atoms with E-state index in [9.17, 15) is 18.4 Å². The second kappa shape index (κ2) is 6.72. The molecule has 0 aromatic heterocycles. The van der Waals surface area contributed by atoms with Gasteiger partial charge < -0.3 is 15.5 Å². The molecule has 0 heterocycles. The summed E-state index contributed by atoms with van der Waals surface area (Å²) in [7, 11) is 3.26. The minimum atomic E-state index is -0.894. The van der Waals surface area contributed by atoms with Crippen molar-refractivity contribution in [3.8, 4) is 0 Å². The number of carbonyl (C=O) groups excluding carboxylic acids is 2. The van der Waals surface area contributed by atoms with Gasteiger partial charge in [0.25, 0.3) is 0 Å². The van der Waals surface area contributed by atoms with Gasteiger partial charge in [0.2, 0.25) is 5.91 Å². The third kappa shape index (κ3) is 3.93. The van der Waals surface area contributed by atoms with Crippen LogP contribution >= 0.6 is 0 Å². The number of halogens is 2. The van der Waals surface area contributed by atoms with E-state index < -0.39 is 11.6 Å². The number of rotatable bonds is 5. The van der Waals surface area contributed by atoms with Gasteiger partial charge in [-0.25, -0.2) is 13.6 Å². The van der Waals surface area contributed by atoms with Gasteiger partial charge in [0.05, 0.1) is 0 Å². The number of benzene rings is 1. The topological polar surface area (TPSA) is 61.4 Å². The molecule has 1 aliphatic rings. The molecule has 5 nitrogen and oxygen atoms in total. The van der Waals surface area contributed by atoms with Crippen molar-refractivity contribution in [2.75, 3.05) is 27.2 Å². The molecule has 7 heteroatoms. The molecule has 0 spiro atoms. The number of nitrogens with zero attached hydrogens (tertiary/aromatic N) is 1. The molecule has 2 atom stereocenters. The average molecular weight is 311 g/mol. The zero-order valence-corrected chi connectivity index (χ0v) is 12.5. The zero-order valence-electron chi connectivity index (χ0n) is 12.5. The summed E-state index contributed by atoms with van der Waals surface area (Å²) in [5, 5.41) is 5.36. The van der Waals surface area contributed by atoms with E-state index in [0.717, 1.165) is 12.1 Å². The Hall–Kier alpha value is -2.18. The van der Waals surface area contributed by atoms with E-state index in [1.807, 2.05) is 0 Å². The molecule has 1 aromatic rings. The Bertz CT molecular complexity index is 578. The molecule has 0 saturated heterocycles. The van der Waals surface area contributed by atoms with E-state index in [-0.39, 0.29) is 23.8 Å². The summed E-state index contributed by atoms with van der Waals surface area (Å²) >= 11 is 0. The lowest BCUT2D eigenvalue weighted by Crippen LogP contribution is -2.40. The van der Waals surface area contributed by atoms with Crippen LogP contribution in [-0.2, 0) is 4.79 Å². The fourth-order valence-corrected chi connectivity index (χ4v) is 2.24. The molecule has 3 amide bonds. The lowest BCUT2D eigenvalue weighted by atomic mass is 10.1. The first-order chi connectivity index (χ1) is 10.4. The Balaban J connectivity index is 1.74. The molecule has 1 aliphatic carbocycles. The third-order valence-electron chi connectivity index (χ3n) is 3.61. The number of hydrogen-bond donors (Lipinski definition) is 2. The van der Waals surface area contributed by atoms with Crippen LogP contribution in [0.5, 0.6) is 0 Å². The highest BCUT2D eigenvalue weighted by atomic mass is 19.2. The second-order valence-corrected chi connectivity index (χ2v) is 5.54. The molecule has 0 aliphatic heterocycles. The third-order valence-corrected chi connectivity index (χ3v) is 3.61. The van der Waals surface area contributed by atoms with Crippen molar-refractivity contribution < 1.29 is 18.4 Å². The fourth-order valence-electron chi connectivity index (χ4n) is 2.24. The van der Waals surface area contributed by atoms with E-state index in [1.54, 1.807) is 14.1 Å². The molecule has 120 valence electrons. The Labute approximate surface area is 127 Å². The smallest absolute Gasteiger partial charge is 0.316 e. The largest absolute Gasteiger partial charge is 0.354 e. The molecule has 1 saturated carbocycles. The van der Waals surface area contributed by atoms with Gasteiger partial charge in [0, 0.05) is 33.1 Å². The maximum absolute atomic E-state index is 13.2. The number of carbonyl (C=O) groups is 2. The zero-order chi connectivity index (χ0) is 16.3. The lowest BCUT2D eigenvalue weighted by Gasteiger charge is -2.12. The minimum Gasteiger partial charge on any atom is -0.354 e. The fraction of sp³-hybridized carbons (Fsp3) is 0.467. The molecule has 1 aromatic carbocycles. The standard InChI is InChI=1S/C15H19F2N3O2/c1-20(2)15(22)19-6-5-18-14(21)11-8-10(11)9-3-4-12(16)13(17)7-9/h3-4,7,10-11H,5-6,8H2,1-2H3,(H,18,21)(H,19,22). The van der Waals surface area contributed by atoms with Gasteiger partial charge in [0.1, 0.15) is 0 Å². The molecular formula is C15H19F2N3O2. The molecule has 0 bridgehead atoms. The highest BCUT2D eigenvalue weighted by Gasteiger charge is 2.43.